The Hall–Kier alpha value is -0.0800. The van der Waals surface area contributed by atoms with Crippen molar-refractivity contribution >= 4 is 0 Å². The fourth-order valence-electron chi connectivity index (χ4n) is 2.41. The zero-order chi connectivity index (χ0) is 12.2. The van der Waals surface area contributed by atoms with Gasteiger partial charge in [0, 0.05) is 12.6 Å². The van der Waals surface area contributed by atoms with E-state index >= 15 is 0 Å². The molecule has 2 nitrogen and oxygen atoms in total. The summed E-state index contributed by atoms with van der Waals surface area (Å²) in [5.74, 6) is 0.947. The predicted molar refractivity (Wildman–Crippen MR) is 71.7 cm³/mol. The molecule has 1 rings (SSSR count). The highest BCUT2D eigenvalue weighted by atomic mass is 16.2. The standard InChI is InChI=1S/C10H21N.C4H10O/c1-3-9-7-5-4-6-8-10(9)11-2;1-2-3-4-5/h9-11H,3-8H2,1-2H3;5H,2-4H2,1H3. The fraction of sp³-hybridized carbons (Fsp3) is 1.00. The van der Waals surface area contributed by atoms with Crippen LogP contribution in [0.4, 0.5) is 0 Å². The van der Waals surface area contributed by atoms with Crippen molar-refractivity contribution in [2.24, 2.45) is 5.92 Å². The third-order valence-electron chi connectivity index (χ3n) is 3.57. The molecule has 0 radical (unpaired) electrons. The van der Waals surface area contributed by atoms with Gasteiger partial charge in [0.05, 0.1) is 0 Å². The van der Waals surface area contributed by atoms with Crippen LogP contribution in [0, 0.1) is 5.92 Å². The van der Waals surface area contributed by atoms with E-state index in [1.54, 1.807) is 0 Å². The zero-order valence-electron chi connectivity index (χ0n) is 11.5. The molecule has 2 unspecified atom stereocenters. The molecule has 0 aromatic carbocycles. The highest BCUT2D eigenvalue weighted by Gasteiger charge is 2.19. The van der Waals surface area contributed by atoms with Gasteiger partial charge >= 0.3 is 0 Å². The second-order valence-corrected chi connectivity index (χ2v) is 4.78. The average Bonchev–Trinajstić information content (AvgIpc) is 2.55. The third kappa shape index (κ3) is 7.24. The summed E-state index contributed by atoms with van der Waals surface area (Å²) in [7, 11) is 2.11. The second-order valence-electron chi connectivity index (χ2n) is 4.78. The SMILES string of the molecule is CCC1CCCCCC1NC.CCCCO. The largest absolute Gasteiger partial charge is 0.396 e. The van der Waals surface area contributed by atoms with Gasteiger partial charge in [0.15, 0.2) is 0 Å². The minimum atomic E-state index is 0.344. The van der Waals surface area contributed by atoms with Crippen LogP contribution < -0.4 is 5.32 Å². The van der Waals surface area contributed by atoms with Gasteiger partial charge in [-0.15, -0.1) is 0 Å². The van der Waals surface area contributed by atoms with Crippen LogP contribution in [0.25, 0.3) is 0 Å². The van der Waals surface area contributed by atoms with Crippen molar-refractivity contribution in [3.05, 3.63) is 0 Å². The Kier molecular flexibility index (Phi) is 11.3. The quantitative estimate of drug-likeness (QED) is 0.725. The maximum Gasteiger partial charge on any atom is 0.0430 e. The topological polar surface area (TPSA) is 32.3 Å². The van der Waals surface area contributed by atoms with Gasteiger partial charge in [-0.3, -0.25) is 0 Å². The lowest BCUT2D eigenvalue weighted by Gasteiger charge is -2.22. The molecule has 98 valence electrons. The number of hydrogen-bond acceptors (Lipinski definition) is 2. The lowest BCUT2D eigenvalue weighted by atomic mass is 9.92. The Bertz CT molecular complexity index is 125. The molecule has 0 amide bonds. The number of rotatable bonds is 4. The smallest absolute Gasteiger partial charge is 0.0430 e. The van der Waals surface area contributed by atoms with Crippen LogP contribution in [-0.4, -0.2) is 24.8 Å². The second kappa shape index (κ2) is 11.4. The van der Waals surface area contributed by atoms with E-state index in [9.17, 15) is 0 Å². The van der Waals surface area contributed by atoms with E-state index in [1.807, 2.05) is 0 Å². The molecule has 1 aliphatic carbocycles. The Morgan fingerprint density at radius 2 is 1.81 bits per heavy atom. The summed E-state index contributed by atoms with van der Waals surface area (Å²) in [6.45, 7) is 4.72. The van der Waals surface area contributed by atoms with E-state index in [4.69, 9.17) is 5.11 Å². The predicted octanol–water partition coefficient (Wildman–Crippen LogP) is 3.34. The Morgan fingerprint density at radius 1 is 1.12 bits per heavy atom. The lowest BCUT2D eigenvalue weighted by molar-refractivity contribution is 0.287. The van der Waals surface area contributed by atoms with Gasteiger partial charge in [0.2, 0.25) is 0 Å². The molecular formula is C14H31NO. The van der Waals surface area contributed by atoms with E-state index in [2.05, 4.69) is 26.2 Å². The molecule has 0 spiro atoms. The van der Waals surface area contributed by atoms with Gasteiger partial charge in [-0.1, -0.05) is 46.0 Å². The van der Waals surface area contributed by atoms with E-state index in [1.165, 1.54) is 38.5 Å². The summed E-state index contributed by atoms with van der Waals surface area (Å²) < 4.78 is 0. The Morgan fingerprint density at radius 3 is 2.25 bits per heavy atom. The summed E-state index contributed by atoms with van der Waals surface area (Å²) in [6.07, 6.45) is 10.6. The van der Waals surface area contributed by atoms with Crippen molar-refractivity contribution < 1.29 is 5.11 Å². The molecule has 2 atom stereocenters. The normalized spacial score (nSPS) is 25.5. The summed E-state index contributed by atoms with van der Waals surface area (Å²) in [5, 5.41) is 11.5. The molecule has 0 saturated heterocycles. The van der Waals surface area contributed by atoms with Crippen LogP contribution in [0.15, 0.2) is 0 Å². The van der Waals surface area contributed by atoms with Gasteiger partial charge in [-0.05, 0) is 32.2 Å². The highest BCUT2D eigenvalue weighted by molar-refractivity contribution is 4.77. The highest BCUT2D eigenvalue weighted by Crippen LogP contribution is 2.25. The van der Waals surface area contributed by atoms with Gasteiger partial charge in [0.1, 0.15) is 0 Å². The number of aliphatic hydroxyl groups excluding tert-OH is 1. The van der Waals surface area contributed by atoms with Crippen molar-refractivity contribution in [2.75, 3.05) is 13.7 Å². The van der Waals surface area contributed by atoms with Crippen molar-refractivity contribution in [3.8, 4) is 0 Å². The van der Waals surface area contributed by atoms with Crippen LogP contribution in [0.5, 0.6) is 0 Å². The first-order chi connectivity index (χ1) is 7.79. The minimum absolute atomic E-state index is 0.344. The molecule has 0 bridgehead atoms. The molecule has 16 heavy (non-hydrogen) atoms. The monoisotopic (exact) mass is 229 g/mol. The zero-order valence-corrected chi connectivity index (χ0v) is 11.5. The maximum atomic E-state index is 8.07. The number of aliphatic hydroxyl groups is 1. The number of unbranched alkanes of at least 4 members (excludes halogenated alkanes) is 1. The van der Waals surface area contributed by atoms with E-state index in [0.29, 0.717) is 6.61 Å². The molecule has 0 aromatic rings. The first-order valence-corrected chi connectivity index (χ1v) is 7.08. The fourth-order valence-corrected chi connectivity index (χ4v) is 2.41. The molecule has 1 fully saturated rings. The molecule has 0 heterocycles. The van der Waals surface area contributed by atoms with Crippen molar-refractivity contribution in [1.29, 1.82) is 0 Å². The van der Waals surface area contributed by atoms with Crippen LogP contribution in [0.1, 0.15) is 65.2 Å². The minimum Gasteiger partial charge on any atom is -0.396 e. The van der Waals surface area contributed by atoms with Gasteiger partial charge in [0.25, 0.3) is 0 Å². The summed E-state index contributed by atoms with van der Waals surface area (Å²) >= 11 is 0. The summed E-state index contributed by atoms with van der Waals surface area (Å²) in [5.41, 5.74) is 0. The molecule has 1 saturated carbocycles. The molecule has 2 N–H and O–H groups in total. The van der Waals surface area contributed by atoms with E-state index in [0.717, 1.165) is 24.8 Å². The van der Waals surface area contributed by atoms with Crippen molar-refractivity contribution in [3.63, 3.8) is 0 Å². The first kappa shape index (κ1) is 15.9. The maximum absolute atomic E-state index is 8.07. The van der Waals surface area contributed by atoms with Crippen LogP contribution in [0.3, 0.4) is 0 Å². The van der Waals surface area contributed by atoms with Crippen LogP contribution >= 0.6 is 0 Å². The Balaban J connectivity index is 0.000000385. The van der Waals surface area contributed by atoms with E-state index in [-0.39, 0.29) is 0 Å². The summed E-state index contributed by atoms with van der Waals surface area (Å²) in [4.78, 5) is 0. The van der Waals surface area contributed by atoms with Crippen molar-refractivity contribution in [1.82, 2.24) is 5.32 Å². The number of hydrogen-bond donors (Lipinski definition) is 2. The van der Waals surface area contributed by atoms with Gasteiger partial charge in [-0.25, -0.2) is 0 Å². The Labute approximate surface area is 102 Å². The van der Waals surface area contributed by atoms with Crippen molar-refractivity contribution in [2.45, 2.75) is 71.3 Å². The van der Waals surface area contributed by atoms with Crippen LogP contribution in [0.2, 0.25) is 0 Å². The average molecular weight is 229 g/mol. The molecule has 0 aliphatic heterocycles. The molecule has 1 aliphatic rings. The molecular weight excluding hydrogens is 198 g/mol. The molecule has 2 heteroatoms. The number of nitrogens with one attached hydrogen (secondary N) is 1. The third-order valence-corrected chi connectivity index (χ3v) is 3.57. The molecule has 0 aromatic heterocycles. The van der Waals surface area contributed by atoms with Crippen LogP contribution in [-0.2, 0) is 0 Å². The van der Waals surface area contributed by atoms with E-state index < -0.39 is 0 Å². The van der Waals surface area contributed by atoms with Gasteiger partial charge in [-0.2, -0.15) is 0 Å². The summed E-state index contributed by atoms with van der Waals surface area (Å²) in [6, 6.07) is 0.808. The lowest BCUT2D eigenvalue weighted by Crippen LogP contribution is -2.32. The van der Waals surface area contributed by atoms with Gasteiger partial charge < -0.3 is 10.4 Å². The first-order valence-electron chi connectivity index (χ1n) is 7.08.